The maximum atomic E-state index is 11.5. The highest BCUT2D eigenvalue weighted by molar-refractivity contribution is 5.69. The molecule has 0 aromatic heterocycles. The van der Waals surface area contributed by atoms with Crippen LogP contribution in [-0.2, 0) is 16.8 Å². The first-order chi connectivity index (χ1) is 10.2. The van der Waals surface area contributed by atoms with Crippen molar-refractivity contribution in [2.45, 2.75) is 44.1 Å². The van der Waals surface area contributed by atoms with Crippen LogP contribution < -0.4 is 4.74 Å². The molecular weight excluding hydrogens is 266 g/mol. The van der Waals surface area contributed by atoms with Crippen LogP contribution in [-0.4, -0.2) is 36.2 Å². The smallest absolute Gasteiger partial charge is 0.305 e. The lowest BCUT2D eigenvalue weighted by molar-refractivity contribution is -0.141. The van der Waals surface area contributed by atoms with E-state index in [1.54, 1.807) is 7.11 Å². The zero-order valence-electron chi connectivity index (χ0n) is 12.6. The monoisotopic (exact) mass is 289 g/mol. The minimum atomic E-state index is -0.711. The molecule has 1 heterocycles. The number of carboxylic acids is 1. The fourth-order valence-electron chi connectivity index (χ4n) is 4.06. The number of rotatable bonds is 4. The van der Waals surface area contributed by atoms with Crippen molar-refractivity contribution in [3.05, 3.63) is 29.3 Å². The molecule has 1 aromatic carbocycles. The predicted molar refractivity (Wildman–Crippen MR) is 80.7 cm³/mol. The first kappa shape index (κ1) is 14.4. The van der Waals surface area contributed by atoms with Crippen molar-refractivity contribution in [1.29, 1.82) is 0 Å². The lowest BCUT2D eigenvalue weighted by atomic mass is 9.73. The zero-order valence-corrected chi connectivity index (χ0v) is 12.6. The number of likely N-dealkylation sites (tertiary alicyclic amines) is 1. The van der Waals surface area contributed by atoms with Gasteiger partial charge in [0.1, 0.15) is 5.75 Å². The third-order valence-corrected chi connectivity index (χ3v) is 5.01. The van der Waals surface area contributed by atoms with Gasteiger partial charge < -0.3 is 9.84 Å². The Kier molecular flexibility index (Phi) is 3.89. The van der Waals surface area contributed by atoms with Gasteiger partial charge in [0.05, 0.1) is 19.1 Å². The molecule has 114 valence electrons. The highest BCUT2D eigenvalue weighted by Crippen LogP contribution is 2.45. The van der Waals surface area contributed by atoms with Gasteiger partial charge in [-0.15, -0.1) is 0 Å². The SMILES string of the molecule is COc1ccc2c(c1)C(CC(=O)O)(N1CCCC1)CCC2. The minimum Gasteiger partial charge on any atom is -0.497 e. The van der Waals surface area contributed by atoms with Gasteiger partial charge >= 0.3 is 5.97 Å². The molecule has 0 spiro atoms. The van der Waals surface area contributed by atoms with Crippen LogP contribution in [0.5, 0.6) is 5.75 Å². The fourth-order valence-corrected chi connectivity index (χ4v) is 4.06. The van der Waals surface area contributed by atoms with Crippen LogP contribution in [0, 0.1) is 0 Å². The van der Waals surface area contributed by atoms with E-state index in [2.05, 4.69) is 17.0 Å². The molecule has 1 aliphatic heterocycles. The van der Waals surface area contributed by atoms with Gasteiger partial charge in [-0.2, -0.15) is 0 Å². The van der Waals surface area contributed by atoms with Crippen molar-refractivity contribution >= 4 is 5.97 Å². The maximum absolute atomic E-state index is 11.5. The third-order valence-electron chi connectivity index (χ3n) is 5.01. The summed E-state index contributed by atoms with van der Waals surface area (Å²) in [7, 11) is 1.67. The topological polar surface area (TPSA) is 49.8 Å². The Morgan fingerprint density at radius 2 is 2.10 bits per heavy atom. The number of ether oxygens (including phenoxy) is 1. The van der Waals surface area contributed by atoms with Crippen LogP contribution in [0.1, 0.15) is 43.2 Å². The summed E-state index contributed by atoms with van der Waals surface area (Å²) in [5.74, 6) is 0.113. The maximum Gasteiger partial charge on any atom is 0.305 e. The Labute approximate surface area is 125 Å². The molecule has 21 heavy (non-hydrogen) atoms. The standard InChI is InChI=1S/C17H23NO3/c1-21-14-7-6-13-5-4-8-17(12-16(19)20,15(13)11-14)18-9-2-3-10-18/h6-7,11H,2-5,8-10,12H2,1H3,(H,19,20). The van der Waals surface area contributed by atoms with Crippen molar-refractivity contribution in [3.63, 3.8) is 0 Å². The van der Waals surface area contributed by atoms with E-state index >= 15 is 0 Å². The number of aryl methyl sites for hydroxylation is 1. The van der Waals surface area contributed by atoms with Gasteiger partial charge in [-0.05, 0) is 68.5 Å². The summed E-state index contributed by atoms with van der Waals surface area (Å²) < 4.78 is 5.38. The highest BCUT2D eigenvalue weighted by atomic mass is 16.5. The number of carbonyl (C=O) groups is 1. The highest BCUT2D eigenvalue weighted by Gasteiger charge is 2.44. The normalized spacial score (nSPS) is 25.6. The molecule has 4 heteroatoms. The molecule has 0 radical (unpaired) electrons. The largest absolute Gasteiger partial charge is 0.497 e. The van der Waals surface area contributed by atoms with Crippen LogP contribution >= 0.6 is 0 Å². The first-order valence-electron chi connectivity index (χ1n) is 7.80. The number of hydrogen-bond donors (Lipinski definition) is 1. The molecule has 0 amide bonds. The van der Waals surface area contributed by atoms with Crippen molar-refractivity contribution in [3.8, 4) is 5.75 Å². The van der Waals surface area contributed by atoms with E-state index in [9.17, 15) is 9.90 Å². The Morgan fingerprint density at radius 3 is 2.76 bits per heavy atom. The lowest BCUT2D eigenvalue weighted by Crippen LogP contribution is -2.48. The van der Waals surface area contributed by atoms with E-state index in [0.717, 1.165) is 38.1 Å². The van der Waals surface area contributed by atoms with E-state index in [-0.39, 0.29) is 12.0 Å². The molecular formula is C17H23NO3. The second-order valence-electron chi connectivity index (χ2n) is 6.17. The Hall–Kier alpha value is -1.55. The van der Waals surface area contributed by atoms with Gasteiger partial charge in [0.25, 0.3) is 0 Å². The average molecular weight is 289 g/mol. The Balaban J connectivity index is 2.10. The number of carboxylic acid groups (broad SMARTS) is 1. The van der Waals surface area contributed by atoms with Crippen molar-refractivity contribution in [2.75, 3.05) is 20.2 Å². The van der Waals surface area contributed by atoms with E-state index in [1.165, 1.54) is 24.0 Å². The van der Waals surface area contributed by atoms with Crippen LogP contribution in [0.25, 0.3) is 0 Å². The van der Waals surface area contributed by atoms with Crippen molar-refractivity contribution in [1.82, 2.24) is 4.90 Å². The molecule has 2 aliphatic rings. The molecule has 4 nitrogen and oxygen atoms in total. The number of nitrogens with zero attached hydrogens (tertiary/aromatic N) is 1. The van der Waals surface area contributed by atoms with E-state index < -0.39 is 5.97 Å². The Morgan fingerprint density at radius 1 is 1.33 bits per heavy atom. The molecule has 3 rings (SSSR count). The molecule has 1 N–H and O–H groups in total. The van der Waals surface area contributed by atoms with Crippen LogP contribution in [0.4, 0.5) is 0 Å². The van der Waals surface area contributed by atoms with Crippen LogP contribution in [0.2, 0.25) is 0 Å². The second-order valence-corrected chi connectivity index (χ2v) is 6.17. The summed E-state index contributed by atoms with van der Waals surface area (Å²) in [6, 6.07) is 6.16. The summed E-state index contributed by atoms with van der Waals surface area (Å²) in [6.07, 6.45) is 5.55. The van der Waals surface area contributed by atoms with Crippen LogP contribution in [0.3, 0.4) is 0 Å². The van der Waals surface area contributed by atoms with Gasteiger partial charge in [-0.3, -0.25) is 9.69 Å². The van der Waals surface area contributed by atoms with Gasteiger partial charge in [0, 0.05) is 0 Å². The molecule has 1 fully saturated rings. The number of hydrogen-bond acceptors (Lipinski definition) is 3. The molecule has 1 aliphatic carbocycles. The summed E-state index contributed by atoms with van der Waals surface area (Å²) in [4.78, 5) is 13.9. The summed E-state index contributed by atoms with van der Waals surface area (Å²) in [5.41, 5.74) is 2.12. The summed E-state index contributed by atoms with van der Waals surface area (Å²) in [5, 5.41) is 9.49. The zero-order chi connectivity index (χ0) is 14.9. The summed E-state index contributed by atoms with van der Waals surface area (Å²) >= 11 is 0. The molecule has 0 bridgehead atoms. The quantitative estimate of drug-likeness (QED) is 0.926. The van der Waals surface area contributed by atoms with Gasteiger partial charge in [0.15, 0.2) is 0 Å². The Bertz CT molecular complexity index is 537. The number of benzene rings is 1. The van der Waals surface area contributed by atoms with E-state index in [1.807, 2.05) is 6.07 Å². The number of aliphatic carboxylic acids is 1. The molecule has 1 saturated heterocycles. The average Bonchev–Trinajstić information content (AvgIpc) is 3.01. The van der Waals surface area contributed by atoms with Crippen molar-refractivity contribution in [2.24, 2.45) is 0 Å². The third kappa shape index (κ3) is 2.53. The fraction of sp³-hybridized carbons (Fsp3) is 0.588. The second kappa shape index (κ2) is 5.68. The molecule has 1 unspecified atom stereocenters. The van der Waals surface area contributed by atoms with Crippen LogP contribution in [0.15, 0.2) is 18.2 Å². The van der Waals surface area contributed by atoms with Gasteiger partial charge in [-0.25, -0.2) is 0 Å². The first-order valence-corrected chi connectivity index (χ1v) is 7.80. The van der Waals surface area contributed by atoms with Gasteiger partial charge in [-0.1, -0.05) is 6.07 Å². The van der Waals surface area contributed by atoms with Gasteiger partial charge in [0.2, 0.25) is 0 Å². The minimum absolute atomic E-state index is 0.188. The summed E-state index contributed by atoms with van der Waals surface area (Å²) in [6.45, 7) is 2.01. The molecule has 0 saturated carbocycles. The van der Waals surface area contributed by atoms with E-state index in [0.29, 0.717) is 0 Å². The molecule has 1 aromatic rings. The number of fused-ring (bicyclic) bond motifs is 1. The van der Waals surface area contributed by atoms with Crippen molar-refractivity contribution < 1.29 is 14.6 Å². The lowest BCUT2D eigenvalue weighted by Gasteiger charge is -2.45. The molecule has 1 atom stereocenters. The predicted octanol–water partition coefficient (Wildman–Crippen LogP) is 2.80. The number of methoxy groups -OCH3 is 1. The van der Waals surface area contributed by atoms with E-state index in [4.69, 9.17) is 4.74 Å².